The summed E-state index contributed by atoms with van der Waals surface area (Å²) in [5.41, 5.74) is 4.37. The first-order valence-corrected chi connectivity index (χ1v) is 10.7. The maximum Gasteiger partial charge on any atom is 0.407 e. The lowest BCUT2D eigenvalue weighted by Crippen LogP contribution is -2.54. The number of rotatable bonds is 9. The van der Waals surface area contributed by atoms with Crippen LogP contribution in [0.25, 0.3) is 11.1 Å². The van der Waals surface area contributed by atoms with Crippen LogP contribution in [0.5, 0.6) is 0 Å². The number of carboxylic acids is 1. The molecule has 3 rings (SSSR count). The number of benzene rings is 2. The van der Waals surface area contributed by atoms with E-state index >= 15 is 0 Å². The molecule has 32 heavy (non-hydrogen) atoms. The maximum atomic E-state index is 12.5. The number of aliphatic hydroxyl groups is 1. The van der Waals surface area contributed by atoms with E-state index in [9.17, 15) is 19.5 Å². The van der Waals surface area contributed by atoms with Gasteiger partial charge in [0.1, 0.15) is 12.6 Å². The Hall–Kier alpha value is -3.39. The molecule has 2 aromatic rings. The third-order valence-corrected chi connectivity index (χ3v) is 5.58. The van der Waals surface area contributed by atoms with E-state index in [4.69, 9.17) is 9.84 Å². The summed E-state index contributed by atoms with van der Waals surface area (Å²) >= 11 is 0. The summed E-state index contributed by atoms with van der Waals surface area (Å²) < 4.78 is 5.47. The predicted octanol–water partition coefficient (Wildman–Crippen LogP) is 2.64. The van der Waals surface area contributed by atoms with E-state index < -0.39 is 36.2 Å². The number of hydrogen-bond acceptors (Lipinski definition) is 5. The van der Waals surface area contributed by atoms with Crippen LogP contribution >= 0.6 is 0 Å². The van der Waals surface area contributed by atoms with Gasteiger partial charge in [-0.05, 0) is 35.6 Å². The Balaban J connectivity index is 1.65. The molecule has 1 aliphatic rings. The molecular formula is C24H28N2O6. The summed E-state index contributed by atoms with van der Waals surface area (Å²) in [4.78, 5) is 36.3. The van der Waals surface area contributed by atoms with E-state index in [0.29, 0.717) is 12.8 Å². The molecule has 0 saturated heterocycles. The van der Waals surface area contributed by atoms with Crippen molar-refractivity contribution in [2.45, 2.75) is 50.8 Å². The average Bonchev–Trinajstić information content (AvgIpc) is 3.09. The number of ether oxygens (including phenoxy) is 1. The summed E-state index contributed by atoms with van der Waals surface area (Å²) in [6.45, 7) is 3.21. The minimum atomic E-state index is -1.47. The van der Waals surface area contributed by atoms with Gasteiger partial charge in [0.05, 0.1) is 6.10 Å². The van der Waals surface area contributed by atoms with Crippen LogP contribution in [0, 0.1) is 0 Å². The molecule has 0 radical (unpaired) electrons. The maximum absolute atomic E-state index is 12.5. The van der Waals surface area contributed by atoms with Crippen molar-refractivity contribution in [1.82, 2.24) is 10.6 Å². The number of alkyl carbamates (subject to hydrolysis) is 1. The molecule has 8 nitrogen and oxygen atoms in total. The Bertz CT molecular complexity index is 944. The molecule has 0 unspecified atom stereocenters. The Morgan fingerprint density at radius 3 is 2.06 bits per heavy atom. The van der Waals surface area contributed by atoms with Gasteiger partial charge in [0, 0.05) is 5.92 Å². The summed E-state index contributed by atoms with van der Waals surface area (Å²) in [5, 5.41) is 23.5. The SMILES string of the molecule is CCC[C@@H](NC(=O)OCC1c2ccccc2-c2ccccc21)C(=O)N[C@H](C(=O)O)[C@@H](C)O. The van der Waals surface area contributed by atoms with E-state index in [1.54, 1.807) is 0 Å². The molecule has 1 aliphatic carbocycles. The number of fused-ring (bicyclic) bond motifs is 3. The molecule has 2 amide bonds. The third kappa shape index (κ3) is 5.08. The first kappa shape index (κ1) is 23.3. The van der Waals surface area contributed by atoms with Crippen LogP contribution in [0.1, 0.15) is 43.7 Å². The van der Waals surface area contributed by atoms with Crippen molar-refractivity contribution in [3.8, 4) is 11.1 Å². The van der Waals surface area contributed by atoms with Crippen molar-refractivity contribution in [3.05, 3.63) is 59.7 Å². The average molecular weight is 440 g/mol. The van der Waals surface area contributed by atoms with Crippen molar-refractivity contribution >= 4 is 18.0 Å². The monoisotopic (exact) mass is 440 g/mol. The Labute approximate surface area is 186 Å². The second-order valence-corrected chi connectivity index (χ2v) is 7.88. The van der Waals surface area contributed by atoms with Crippen LogP contribution < -0.4 is 10.6 Å². The Morgan fingerprint density at radius 2 is 1.56 bits per heavy atom. The lowest BCUT2D eigenvalue weighted by molar-refractivity contribution is -0.145. The molecule has 3 atom stereocenters. The number of carbonyl (C=O) groups excluding carboxylic acids is 2. The van der Waals surface area contributed by atoms with Crippen molar-refractivity contribution in [1.29, 1.82) is 0 Å². The molecule has 0 aromatic heterocycles. The van der Waals surface area contributed by atoms with Crippen LogP contribution in [0.2, 0.25) is 0 Å². The first-order chi connectivity index (χ1) is 15.3. The van der Waals surface area contributed by atoms with E-state index in [1.807, 2.05) is 55.5 Å². The highest BCUT2D eigenvalue weighted by Crippen LogP contribution is 2.44. The van der Waals surface area contributed by atoms with Crippen LogP contribution in [0.4, 0.5) is 4.79 Å². The largest absolute Gasteiger partial charge is 0.480 e. The number of amides is 2. The highest BCUT2D eigenvalue weighted by Gasteiger charge is 2.31. The predicted molar refractivity (Wildman–Crippen MR) is 118 cm³/mol. The topological polar surface area (TPSA) is 125 Å². The molecule has 4 N–H and O–H groups in total. The van der Waals surface area contributed by atoms with E-state index in [1.165, 1.54) is 6.92 Å². The fourth-order valence-corrected chi connectivity index (χ4v) is 3.98. The Morgan fingerprint density at radius 1 is 1.00 bits per heavy atom. The molecule has 0 spiro atoms. The van der Waals surface area contributed by atoms with E-state index in [-0.39, 0.29) is 12.5 Å². The molecule has 0 fully saturated rings. The normalized spacial score (nSPS) is 15.1. The number of nitrogens with one attached hydrogen (secondary N) is 2. The fourth-order valence-electron chi connectivity index (χ4n) is 3.98. The van der Waals surface area contributed by atoms with Gasteiger partial charge in [-0.15, -0.1) is 0 Å². The second kappa shape index (κ2) is 10.3. The molecule has 0 aliphatic heterocycles. The van der Waals surface area contributed by atoms with Gasteiger partial charge >= 0.3 is 12.1 Å². The third-order valence-electron chi connectivity index (χ3n) is 5.58. The zero-order chi connectivity index (χ0) is 23.3. The second-order valence-electron chi connectivity index (χ2n) is 7.88. The molecule has 2 aromatic carbocycles. The number of aliphatic hydroxyl groups excluding tert-OH is 1. The van der Waals surface area contributed by atoms with Crippen LogP contribution in [-0.4, -0.2) is 53.0 Å². The minimum Gasteiger partial charge on any atom is -0.480 e. The number of hydrogen-bond donors (Lipinski definition) is 4. The van der Waals surface area contributed by atoms with Gasteiger partial charge in [0.15, 0.2) is 6.04 Å². The van der Waals surface area contributed by atoms with Crippen molar-refractivity contribution in [2.24, 2.45) is 0 Å². The van der Waals surface area contributed by atoms with Gasteiger partial charge in [0.25, 0.3) is 0 Å². The minimum absolute atomic E-state index is 0.103. The number of aliphatic carboxylic acids is 1. The molecular weight excluding hydrogens is 412 g/mol. The fraction of sp³-hybridized carbons (Fsp3) is 0.375. The van der Waals surface area contributed by atoms with Gasteiger partial charge in [0.2, 0.25) is 5.91 Å². The van der Waals surface area contributed by atoms with Crippen molar-refractivity contribution < 1.29 is 29.3 Å². The molecule has 0 saturated carbocycles. The number of carboxylic acid groups (broad SMARTS) is 1. The van der Waals surface area contributed by atoms with Crippen molar-refractivity contribution in [3.63, 3.8) is 0 Å². The standard InChI is InChI=1S/C24H28N2O6/c1-3-8-20(22(28)26-21(14(2)27)23(29)30)25-24(31)32-13-19-17-11-6-4-9-15(17)16-10-5-7-12-18(16)19/h4-7,9-12,14,19-21,27H,3,8,13H2,1-2H3,(H,25,31)(H,26,28)(H,29,30)/t14-,20-,21+/m1/s1. The zero-order valence-corrected chi connectivity index (χ0v) is 18.1. The first-order valence-electron chi connectivity index (χ1n) is 10.7. The summed E-state index contributed by atoms with van der Waals surface area (Å²) in [7, 11) is 0. The Kier molecular flexibility index (Phi) is 7.48. The van der Waals surface area contributed by atoms with E-state index in [2.05, 4.69) is 10.6 Å². The van der Waals surface area contributed by atoms with Gasteiger partial charge in [-0.25, -0.2) is 9.59 Å². The highest BCUT2D eigenvalue weighted by molar-refractivity contribution is 5.89. The van der Waals surface area contributed by atoms with E-state index in [0.717, 1.165) is 22.3 Å². The lowest BCUT2D eigenvalue weighted by atomic mass is 9.98. The summed E-state index contributed by atoms with van der Waals surface area (Å²) in [5.74, 6) is -2.16. The van der Waals surface area contributed by atoms with Crippen molar-refractivity contribution in [2.75, 3.05) is 6.61 Å². The van der Waals surface area contributed by atoms with Crippen LogP contribution in [0.3, 0.4) is 0 Å². The highest BCUT2D eigenvalue weighted by atomic mass is 16.5. The van der Waals surface area contributed by atoms with Gasteiger partial charge < -0.3 is 25.6 Å². The van der Waals surface area contributed by atoms with Gasteiger partial charge in [-0.3, -0.25) is 4.79 Å². The quantitative estimate of drug-likeness (QED) is 0.475. The molecule has 0 bridgehead atoms. The molecule has 170 valence electrons. The smallest absolute Gasteiger partial charge is 0.407 e. The van der Waals surface area contributed by atoms with Gasteiger partial charge in [-0.2, -0.15) is 0 Å². The van der Waals surface area contributed by atoms with Gasteiger partial charge in [-0.1, -0.05) is 61.9 Å². The summed E-state index contributed by atoms with van der Waals surface area (Å²) in [6.07, 6.45) is -1.17. The molecule has 0 heterocycles. The zero-order valence-electron chi connectivity index (χ0n) is 18.1. The van der Waals surface area contributed by atoms with Crippen LogP contribution in [0.15, 0.2) is 48.5 Å². The van der Waals surface area contributed by atoms with Crippen LogP contribution in [-0.2, 0) is 14.3 Å². The summed E-state index contributed by atoms with van der Waals surface area (Å²) in [6, 6.07) is 13.5. The molecule has 8 heteroatoms. The lowest BCUT2D eigenvalue weighted by Gasteiger charge is -2.22. The number of carbonyl (C=O) groups is 3.